The quantitative estimate of drug-likeness (QED) is 0.807. The Bertz CT molecular complexity index is 483. The Morgan fingerprint density at radius 2 is 2.29 bits per heavy atom. The summed E-state index contributed by atoms with van der Waals surface area (Å²) < 4.78 is 1.65. The largest absolute Gasteiger partial charge is 0.370 e. The Labute approximate surface area is 104 Å². The summed E-state index contributed by atoms with van der Waals surface area (Å²) in [5.74, 6) is 1.66. The summed E-state index contributed by atoms with van der Waals surface area (Å²) in [7, 11) is 1.82. The molecule has 0 aliphatic heterocycles. The first-order chi connectivity index (χ1) is 8.29. The highest BCUT2D eigenvalue weighted by molar-refractivity contribution is 7.98. The van der Waals surface area contributed by atoms with Crippen LogP contribution in [0.5, 0.6) is 0 Å². The Hall–Kier alpha value is -1.63. The second-order valence-corrected chi connectivity index (χ2v) is 4.36. The van der Waals surface area contributed by atoms with Crippen LogP contribution in [0.1, 0.15) is 12.6 Å². The van der Waals surface area contributed by atoms with Crippen molar-refractivity contribution in [1.82, 2.24) is 25.2 Å². The van der Waals surface area contributed by atoms with Crippen molar-refractivity contribution in [2.75, 3.05) is 11.9 Å². The Morgan fingerprint density at radius 3 is 3.00 bits per heavy atom. The van der Waals surface area contributed by atoms with E-state index in [-0.39, 0.29) is 0 Å². The molecule has 0 saturated heterocycles. The molecule has 17 heavy (non-hydrogen) atoms. The van der Waals surface area contributed by atoms with Gasteiger partial charge < -0.3 is 5.32 Å². The number of tetrazole rings is 1. The van der Waals surface area contributed by atoms with E-state index in [1.54, 1.807) is 16.4 Å². The predicted octanol–water partition coefficient (Wildman–Crippen LogP) is 1.33. The zero-order valence-electron chi connectivity index (χ0n) is 9.79. The van der Waals surface area contributed by atoms with Crippen LogP contribution in [0.2, 0.25) is 0 Å². The summed E-state index contributed by atoms with van der Waals surface area (Å²) in [6.45, 7) is 2.92. The molecule has 0 spiro atoms. The molecule has 1 N–H and O–H groups in total. The molecular formula is C10H14N6S. The fourth-order valence-corrected chi connectivity index (χ4v) is 2.08. The molecule has 2 aromatic heterocycles. The molecule has 6 nitrogen and oxygen atoms in total. The number of nitrogens with one attached hydrogen (secondary N) is 1. The van der Waals surface area contributed by atoms with E-state index in [1.807, 2.05) is 32.2 Å². The van der Waals surface area contributed by atoms with Crippen LogP contribution in [0.25, 0.3) is 0 Å². The van der Waals surface area contributed by atoms with Gasteiger partial charge in [-0.2, -0.15) is 0 Å². The lowest BCUT2D eigenvalue weighted by atomic mass is 10.4. The van der Waals surface area contributed by atoms with E-state index in [0.29, 0.717) is 0 Å². The molecule has 0 fully saturated rings. The fraction of sp³-hybridized carbons (Fsp3) is 0.400. The summed E-state index contributed by atoms with van der Waals surface area (Å²) in [5.41, 5.74) is 1.01. The number of pyridine rings is 1. The van der Waals surface area contributed by atoms with Crippen LogP contribution in [-0.4, -0.2) is 31.7 Å². The highest BCUT2D eigenvalue weighted by atomic mass is 32.2. The molecule has 0 aromatic carbocycles. The molecule has 0 aliphatic rings. The molecule has 0 atom stereocenters. The molecule has 2 aromatic rings. The van der Waals surface area contributed by atoms with Crippen molar-refractivity contribution in [2.24, 2.45) is 7.05 Å². The summed E-state index contributed by atoms with van der Waals surface area (Å²) in [4.78, 5) is 4.48. The standard InChI is InChI=1S/C10H14N6S/c1-3-11-9-6-4-5-8(12-9)7-17-10-13-14-15-16(10)2/h4-6H,3,7H2,1-2H3,(H,11,12). The average Bonchev–Trinajstić information content (AvgIpc) is 2.73. The minimum Gasteiger partial charge on any atom is -0.370 e. The molecule has 0 unspecified atom stereocenters. The summed E-state index contributed by atoms with van der Waals surface area (Å²) in [6.07, 6.45) is 0. The van der Waals surface area contributed by atoms with Crippen LogP contribution >= 0.6 is 11.8 Å². The van der Waals surface area contributed by atoms with Gasteiger partial charge >= 0.3 is 0 Å². The second-order valence-electron chi connectivity index (χ2n) is 3.42. The normalized spacial score (nSPS) is 10.5. The van der Waals surface area contributed by atoms with Crippen molar-refractivity contribution in [2.45, 2.75) is 17.8 Å². The summed E-state index contributed by atoms with van der Waals surface area (Å²) in [6, 6.07) is 5.95. The third-order valence-corrected chi connectivity index (χ3v) is 3.14. The van der Waals surface area contributed by atoms with Crippen molar-refractivity contribution in [3.63, 3.8) is 0 Å². The molecule has 0 bridgehead atoms. The first kappa shape index (κ1) is 11.8. The van der Waals surface area contributed by atoms with E-state index in [4.69, 9.17) is 0 Å². The maximum Gasteiger partial charge on any atom is 0.209 e. The van der Waals surface area contributed by atoms with Gasteiger partial charge in [0.25, 0.3) is 0 Å². The molecule has 90 valence electrons. The smallest absolute Gasteiger partial charge is 0.209 e. The van der Waals surface area contributed by atoms with Crippen molar-refractivity contribution in [1.29, 1.82) is 0 Å². The van der Waals surface area contributed by atoms with Crippen molar-refractivity contribution in [3.05, 3.63) is 23.9 Å². The van der Waals surface area contributed by atoms with Crippen LogP contribution in [0.3, 0.4) is 0 Å². The summed E-state index contributed by atoms with van der Waals surface area (Å²) in [5, 5.41) is 15.3. The van der Waals surface area contributed by atoms with Crippen LogP contribution in [0.4, 0.5) is 5.82 Å². The SMILES string of the molecule is CCNc1cccc(CSc2nnnn2C)n1. The maximum absolute atomic E-state index is 4.48. The lowest BCUT2D eigenvalue weighted by molar-refractivity contribution is 0.664. The second kappa shape index (κ2) is 5.62. The number of nitrogens with zero attached hydrogens (tertiary/aromatic N) is 5. The molecule has 2 heterocycles. The Balaban J connectivity index is 1.99. The predicted molar refractivity (Wildman–Crippen MR) is 66.8 cm³/mol. The van der Waals surface area contributed by atoms with Gasteiger partial charge in [-0.25, -0.2) is 9.67 Å². The first-order valence-electron chi connectivity index (χ1n) is 5.34. The number of aromatic nitrogens is 5. The Kier molecular flexibility index (Phi) is 3.92. The van der Waals surface area contributed by atoms with Crippen LogP contribution < -0.4 is 5.32 Å². The Morgan fingerprint density at radius 1 is 1.41 bits per heavy atom. The summed E-state index contributed by atoms with van der Waals surface area (Å²) >= 11 is 1.57. The molecule has 0 radical (unpaired) electrons. The van der Waals surface area contributed by atoms with Gasteiger partial charge in [-0.15, -0.1) is 5.10 Å². The minimum absolute atomic E-state index is 0.757. The molecule has 2 rings (SSSR count). The van der Waals surface area contributed by atoms with E-state index >= 15 is 0 Å². The number of aryl methyl sites for hydroxylation is 1. The number of hydrogen-bond donors (Lipinski definition) is 1. The van der Waals surface area contributed by atoms with Gasteiger partial charge in [-0.1, -0.05) is 17.8 Å². The number of hydrogen-bond acceptors (Lipinski definition) is 6. The number of rotatable bonds is 5. The van der Waals surface area contributed by atoms with Crippen LogP contribution in [0, 0.1) is 0 Å². The molecular weight excluding hydrogens is 236 g/mol. The monoisotopic (exact) mass is 250 g/mol. The van der Waals surface area contributed by atoms with Crippen LogP contribution in [-0.2, 0) is 12.8 Å². The lowest BCUT2D eigenvalue weighted by Gasteiger charge is -2.04. The lowest BCUT2D eigenvalue weighted by Crippen LogP contribution is -2.00. The van der Waals surface area contributed by atoms with Crippen molar-refractivity contribution < 1.29 is 0 Å². The van der Waals surface area contributed by atoms with Crippen molar-refractivity contribution in [3.8, 4) is 0 Å². The zero-order chi connectivity index (χ0) is 12.1. The van der Waals surface area contributed by atoms with E-state index in [9.17, 15) is 0 Å². The maximum atomic E-state index is 4.48. The van der Waals surface area contributed by atoms with Gasteiger partial charge in [-0.3, -0.25) is 0 Å². The third kappa shape index (κ3) is 3.16. The molecule has 0 amide bonds. The van der Waals surface area contributed by atoms with Crippen LogP contribution in [0.15, 0.2) is 23.4 Å². The topological polar surface area (TPSA) is 68.5 Å². The molecule has 0 aliphatic carbocycles. The van der Waals surface area contributed by atoms with Gasteiger partial charge in [0.1, 0.15) is 5.82 Å². The van der Waals surface area contributed by atoms with Crippen molar-refractivity contribution >= 4 is 17.6 Å². The highest BCUT2D eigenvalue weighted by Crippen LogP contribution is 2.18. The van der Waals surface area contributed by atoms with E-state index in [2.05, 4.69) is 25.8 Å². The van der Waals surface area contributed by atoms with E-state index in [0.717, 1.165) is 29.0 Å². The van der Waals surface area contributed by atoms with E-state index in [1.165, 1.54) is 0 Å². The first-order valence-corrected chi connectivity index (χ1v) is 6.33. The number of anilines is 1. The zero-order valence-corrected chi connectivity index (χ0v) is 10.6. The van der Waals surface area contributed by atoms with E-state index < -0.39 is 0 Å². The average molecular weight is 250 g/mol. The molecule has 0 saturated carbocycles. The van der Waals surface area contributed by atoms with Gasteiger partial charge in [0.2, 0.25) is 5.16 Å². The fourth-order valence-electron chi connectivity index (χ4n) is 1.32. The van der Waals surface area contributed by atoms with Gasteiger partial charge in [0.05, 0.1) is 5.69 Å². The molecule has 7 heteroatoms. The highest BCUT2D eigenvalue weighted by Gasteiger charge is 2.04. The van der Waals surface area contributed by atoms with Gasteiger partial charge in [0.15, 0.2) is 0 Å². The number of thioether (sulfide) groups is 1. The third-order valence-electron chi connectivity index (χ3n) is 2.10. The van der Waals surface area contributed by atoms with Gasteiger partial charge in [-0.05, 0) is 29.5 Å². The minimum atomic E-state index is 0.757. The van der Waals surface area contributed by atoms with Gasteiger partial charge in [0, 0.05) is 19.3 Å².